The lowest BCUT2D eigenvalue weighted by Gasteiger charge is -2.24. The second kappa shape index (κ2) is 8.05. The van der Waals surface area contributed by atoms with E-state index in [1.54, 1.807) is 0 Å². The van der Waals surface area contributed by atoms with Crippen molar-refractivity contribution in [2.75, 3.05) is 24.6 Å². The lowest BCUT2D eigenvalue weighted by Crippen LogP contribution is -2.31. The normalized spacial score (nSPS) is 17.7. The van der Waals surface area contributed by atoms with E-state index in [1.165, 1.54) is 24.3 Å². The summed E-state index contributed by atoms with van der Waals surface area (Å²) in [5.41, 5.74) is 5.76. The Labute approximate surface area is 116 Å². The van der Waals surface area contributed by atoms with Crippen LogP contribution in [-0.2, 0) is 4.79 Å². The van der Waals surface area contributed by atoms with Crippen molar-refractivity contribution in [1.82, 2.24) is 5.32 Å². The molecule has 0 saturated carbocycles. The topological polar surface area (TPSA) is 55.1 Å². The molecule has 0 aromatic carbocycles. The predicted molar refractivity (Wildman–Crippen MR) is 79.7 cm³/mol. The monoisotopic (exact) mass is 272 g/mol. The summed E-state index contributed by atoms with van der Waals surface area (Å²) >= 11 is 2.03. The van der Waals surface area contributed by atoms with Gasteiger partial charge in [0.05, 0.1) is 0 Å². The first-order valence-corrected chi connectivity index (χ1v) is 8.23. The predicted octanol–water partition coefficient (Wildman–Crippen LogP) is 2.40. The third-order valence-corrected chi connectivity index (χ3v) is 4.83. The molecule has 0 aliphatic carbocycles. The Kier molecular flexibility index (Phi) is 7.08. The molecular formula is C14H28N2OS. The zero-order chi connectivity index (χ0) is 13.4. The Bertz CT molecular complexity index is 250. The van der Waals surface area contributed by atoms with Crippen LogP contribution < -0.4 is 11.1 Å². The highest BCUT2D eigenvalue weighted by atomic mass is 32.2. The fraction of sp³-hybridized carbons (Fsp3) is 0.929. The summed E-state index contributed by atoms with van der Waals surface area (Å²) in [4.78, 5) is 11.8. The summed E-state index contributed by atoms with van der Waals surface area (Å²) in [5, 5.41) is 3.09. The highest BCUT2D eigenvalue weighted by molar-refractivity contribution is 7.99. The maximum absolute atomic E-state index is 11.8. The van der Waals surface area contributed by atoms with Gasteiger partial charge in [0, 0.05) is 13.0 Å². The molecule has 1 aliphatic heterocycles. The molecule has 18 heavy (non-hydrogen) atoms. The average Bonchev–Trinajstić information content (AvgIpc) is 2.35. The van der Waals surface area contributed by atoms with Gasteiger partial charge in [-0.15, -0.1) is 0 Å². The summed E-state index contributed by atoms with van der Waals surface area (Å²) in [7, 11) is 0. The molecule has 3 nitrogen and oxygen atoms in total. The molecule has 1 heterocycles. The zero-order valence-electron chi connectivity index (χ0n) is 11.8. The Morgan fingerprint density at radius 3 is 2.61 bits per heavy atom. The first-order chi connectivity index (χ1) is 8.53. The highest BCUT2D eigenvalue weighted by Crippen LogP contribution is 2.26. The second-order valence-corrected chi connectivity index (χ2v) is 7.29. The maximum atomic E-state index is 11.8. The van der Waals surface area contributed by atoms with E-state index in [2.05, 4.69) is 19.2 Å². The fourth-order valence-electron chi connectivity index (χ4n) is 2.26. The van der Waals surface area contributed by atoms with Crippen molar-refractivity contribution in [2.24, 2.45) is 17.1 Å². The highest BCUT2D eigenvalue weighted by Gasteiger charge is 2.19. The number of amides is 1. The van der Waals surface area contributed by atoms with E-state index in [4.69, 9.17) is 5.73 Å². The third-order valence-electron chi connectivity index (χ3n) is 3.78. The van der Waals surface area contributed by atoms with E-state index in [0.29, 0.717) is 18.9 Å². The maximum Gasteiger partial charge on any atom is 0.220 e. The van der Waals surface area contributed by atoms with Gasteiger partial charge in [0.2, 0.25) is 5.91 Å². The average molecular weight is 272 g/mol. The van der Waals surface area contributed by atoms with Crippen molar-refractivity contribution in [3.05, 3.63) is 0 Å². The number of hydrogen-bond donors (Lipinski definition) is 2. The molecule has 1 fully saturated rings. The number of carbonyl (C=O) groups excluding carboxylic acids is 1. The Hall–Kier alpha value is -0.220. The lowest BCUT2D eigenvalue weighted by atomic mass is 9.84. The summed E-state index contributed by atoms with van der Waals surface area (Å²) < 4.78 is 0. The first kappa shape index (κ1) is 15.8. The van der Waals surface area contributed by atoms with Crippen LogP contribution in [0.15, 0.2) is 0 Å². The van der Waals surface area contributed by atoms with Crippen molar-refractivity contribution < 1.29 is 4.79 Å². The van der Waals surface area contributed by atoms with Crippen LogP contribution in [0.2, 0.25) is 0 Å². The van der Waals surface area contributed by atoms with Crippen molar-refractivity contribution in [3.63, 3.8) is 0 Å². The van der Waals surface area contributed by atoms with Gasteiger partial charge in [-0.25, -0.2) is 0 Å². The number of nitrogens with two attached hydrogens (primary N) is 1. The summed E-state index contributed by atoms with van der Waals surface area (Å²) in [6.45, 7) is 5.95. The fourth-order valence-corrected chi connectivity index (χ4v) is 3.47. The van der Waals surface area contributed by atoms with Crippen LogP contribution in [0.3, 0.4) is 0 Å². The minimum Gasteiger partial charge on any atom is -0.356 e. The van der Waals surface area contributed by atoms with Crippen molar-refractivity contribution >= 4 is 17.7 Å². The van der Waals surface area contributed by atoms with Gasteiger partial charge < -0.3 is 11.1 Å². The lowest BCUT2D eigenvalue weighted by molar-refractivity contribution is -0.121. The van der Waals surface area contributed by atoms with Gasteiger partial charge in [-0.05, 0) is 55.1 Å². The number of carbonyl (C=O) groups is 1. The van der Waals surface area contributed by atoms with Crippen LogP contribution in [0, 0.1) is 11.3 Å². The largest absolute Gasteiger partial charge is 0.356 e. The molecular weight excluding hydrogens is 244 g/mol. The van der Waals surface area contributed by atoms with Gasteiger partial charge in [0.15, 0.2) is 0 Å². The number of thioether (sulfide) groups is 1. The molecule has 0 atom stereocenters. The molecule has 3 N–H and O–H groups in total. The molecule has 1 aliphatic rings. The quantitative estimate of drug-likeness (QED) is 0.748. The van der Waals surface area contributed by atoms with Gasteiger partial charge in [0.1, 0.15) is 0 Å². The van der Waals surface area contributed by atoms with Gasteiger partial charge >= 0.3 is 0 Å². The van der Waals surface area contributed by atoms with Crippen LogP contribution in [0.4, 0.5) is 0 Å². The molecule has 0 unspecified atom stereocenters. The summed E-state index contributed by atoms with van der Waals surface area (Å²) in [6, 6.07) is 0. The van der Waals surface area contributed by atoms with E-state index in [9.17, 15) is 4.79 Å². The van der Waals surface area contributed by atoms with Crippen molar-refractivity contribution in [2.45, 2.75) is 46.0 Å². The van der Waals surface area contributed by atoms with Crippen molar-refractivity contribution in [1.29, 1.82) is 0 Å². The van der Waals surface area contributed by atoms with Gasteiger partial charge in [-0.3, -0.25) is 4.79 Å². The molecule has 1 saturated heterocycles. The minimum atomic E-state index is 0.188. The molecule has 0 aromatic rings. The Morgan fingerprint density at radius 2 is 2.00 bits per heavy atom. The molecule has 1 amide bonds. The first-order valence-electron chi connectivity index (χ1n) is 7.08. The van der Waals surface area contributed by atoms with Crippen LogP contribution in [-0.4, -0.2) is 30.5 Å². The third kappa shape index (κ3) is 6.64. The van der Waals surface area contributed by atoms with E-state index < -0.39 is 0 Å². The molecule has 106 valence electrons. The molecule has 0 bridgehead atoms. The minimum absolute atomic E-state index is 0.188. The summed E-state index contributed by atoms with van der Waals surface area (Å²) in [5.74, 6) is 3.42. The molecule has 4 heteroatoms. The Balaban J connectivity index is 2.13. The van der Waals surface area contributed by atoms with Gasteiger partial charge in [0.25, 0.3) is 0 Å². The van der Waals surface area contributed by atoms with Gasteiger partial charge in [-0.2, -0.15) is 11.8 Å². The summed E-state index contributed by atoms with van der Waals surface area (Å²) in [6.07, 6.45) is 5.05. The molecule has 0 radical (unpaired) electrons. The van der Waals surface area contributed by atoms with E-state index in [0.717, 1.165) is 19.4 Å². The van der Waals surface area contributed by atoms with E-state index in [-0.39, 0.29) is 11.3 Å². The van der Waals surface area contributed by atoms with Crippen LogP contribution in [0.1, 0.15) is 46.0 Å². The SMILES string of the molecule is CC(C)(CCN)CCC(=O)NCC1CCSCC1. The van der Waals surface area contributed by atoms with Crippen LogP contribution >= 0.6 is 11.8 Å². The van der Waals surface area contributed by atoms with Gasteiger partial charge in [-0.1, -0.05) is 13.8 Å². The van der Waals surface area contributed by atoms with Crippen LogP contribution in [0.25, 0.3) is 0 Å². The zero-order valence-corrected chi connectivity index (χ0v) is 12.7. The molecule has 1 rings (SSSR count). The second-order valence-electron chi connectivity index (χ2n) is 6.06. The standard InChI is InChI=1S/C14H28N2OS/c1-14(2,7-8-15)6-3-13(17)16-11-12-4-9-18-10-5-12/h12H,3-11,15H2,1-2H3,(H,16,17). The number of rotatable bonds is 7. The smallest absolute Gasteiger partial charge is 0.220 e. The molecule has 0 aromatic heterocycles. The number of hydrogen-bond acceptors (Lipinski definition) is 3. The molecule has 0 spiro atoms. The van der Waals surface area contributed by atoms with E-state index >= 15 is 0 Å². The number of nitrogens with one attached hydrogen (secondary N) is 1. The van der Waals surface area contributed by atoms with Crippen LogP contribution in [0.5, 0.6) is 0 Å². The Morgan fingerprint density at radius 1 is 1.33 bits per heavy atom. The van der Waals surface area contributed by atoms with E-state index in [1.807, 2.05) is 11.8 Å². The van der Waals surface area contributed by atoms with Crippen molar-refractivity contribution in [3.8, 4) is 0 Å².